The van der Waals surface area contributed by atoms with Crippen LogP contribution >= 0.6 is 11.3 Å². The topological polar surface area (TPSA) is 73.5 Å². The van der Waals surface area contributed by atoms with E-state index in [1.807, 2.05) is 32.0 Å². The highest BCUT2D eigenvalue weighted by atomic mass is 32.1. The molecule has 1 fully saturated rings. The molecule has 3 heterocycles. The normalized spacial score (nSPS) is 16.6. The van der Waals surface area contributed by atoms with E-state index in [1.165, 1.54) is 0 Å². The molecule has 1 aliphatic rings. The number of hydrogen-bond donors (Lipinski definition) is 0. The fraction of sp³-hybridized carbons (Fsp3) is 0.526. The number of aromatic nitrogens is 3. The van der Waals surface area contributed by atoms with Crippen LogP contribution in [0.25, 0.3) is 11.0 Å². The first-order valence-corrected chi connectivity index (χ1v) is 10.2. The number of ether oxygens (including phenoxy) is 2. The fourth-order valence-corrected chi connectivity index (χ4v) is 4.23. The number of nitrogens with zero attached hydrogens (tertiary/aromatic N) is 4. The molecule has 0 amide bonds. The van der Waals surface area contributed by atoms with Gasteiger partial charge in [0.15, 0.2) is 5.58 Å². The largest absolute Gasteiger partial charge is 0.490 e. The maximum Gasteiger partial charge on any atom is 0.262 e. The predicted molar refractivity (Wildman–Crippen MR) is 105 cm³/mol. The Morgan fingerprint density at radius 1 is 1.30 bits per heavy atom. The van der Waals surface area contributed by atoms with Crippen molar-refractivity contribution < 1.29 is 14.0 Å². The first-order valence-electron chi connectivity index (χ1n) is 9.38. The molecule has 1 aromatic carbocycles. The van der Waals surface area contributed by atoms with Crippen LogP contribution in [0.1, 0.15) is 31.7 Å². The minimum atomic E-state index is 0.134. The highest BCUT2D eigenvalue weighted by Gasteiger charge is 2.26. The molecule has 3 aromatic rings. The SMILES string of the molecule is CCOc1noc2cc(OC(C)C3CCN(c4nnc(C)s4)CC3)ccc12. The third kappa shape index (κ3) is 3.85. The lowest BCUT2D eigenvalue weighted by atomic mass is 9.92. The second-order valence-electron chi connectivity index (χ2n) is 6.83. The molecule has 0 bridgehead atoms. The number of aryl methyl sites for hydroxylation is 1. The highest BCUT2D eigenvalue weighted by molar-refractivity contribution is 7.15. The van der Waals surface area contributed by atoms with Gasteiger partial charge in [-0.3, -0.25) is 0 Å². The Bertz CT molecular complexity index is 901. The molecule has 2 aromatic heterocycles. The van der Waals surface area contributed by atoms with E-state index in [1.54, 1.807) is 11.3 Å². The predicted octanol–water partition coefficient (Wildman–Crippen LogP) is 4.07. The lowest BCUT2D eigenvalue weighted by Gasteiger charge is -2.34. The van der Waals surface area contributed by atoms with Gasteiger partial charge in [-0.1, -0.05) is 11.3 Å². The van der Waals surface area contributed by atoms with Crippen molar-refractivity contribution in [1.29, 1.82) is 0 Å². The van der Waals surface area contributed by atoms with E-state index in [9.17, 15) is 0 Å². The Morgan fingerprint density at radius 2 is 2.11 bits per heavy atom. The molecular weight excluding hydrogens is 364 g/mol. The van der Waals surface area contributed by atoms with Gasteiger partial charge in [0.25, 0.3) is 5.88 Å². The van der Waals surface area contributed by atoms with Crippen molar-refractivity contribution in [2.75, 3.05) is 24.6 Å². The van der Waals surface area contributed by atoms with Crippen LogP contribution in [-0.4, -0.2) is 41.2 Å². The average molecular weight is 388 g/mol. The molecule has 144 valence electrons. The van der Waals surface area contributed by atoms with Crippen molar-refractivity contribution >= 4 is 27.4 Å². The fourth-order valence-electron chi connectivity index (χ4n) is 3.49. The quantitative estimate of drug-likeness (QED) is 0.630. The number of rotatable bonds is 6. The van der Waals surface area contributed by atoms with E-state index in [0.717, 1.165) is 47.2 Å². The number of anilines is 1. The van der Waals surface area contributed by atoms with Crippen LogP contribution in [-0.2, 0) is 0 Å². The van der Waals surface area contributed by atoms with Gasteiger partial charge in [-0.2, -0.15) is 0 Å². The minimum Gasteiger partial charge on any atom is -0.490 e. The molecule has 1 unspecified atom stereocenters. The third-order valence-electron chi connectivity index (χ3n) is 5.00. The first kappa shape index (κ1) is 18.0. The molecule has 0 N–H and O–H groups in total. The maximum absolute atomic E-state index is 6.20. The summed E-state index contributed by atoms with van der Waals surface area (Å²) in [6.07, 6.45) is 2.30. The van der Waals surface area contributed by atoms with Gasteiger partial charge >= 0.3 is 0 Å². The van der Waals surface area contributed by atoms with Crippen LogP contribution < -0.4 is 14.4 Å². The summed E-state index contributed by atoms with van der Waals surface area (Å²) < 4.78 is 17.0. The van der Waals surface area contributed by atoms with Crippen LogP contribution in [0.15, 0.2) is 22.7 Å². The molecule has 8 heteroatoms. The van der Waals surface area contributed by atoms with E-state index in [4.69, 9.17) is 14.0 Å². The molecule has 0 aliphatic carbocycles. The van der Waals surface area contributed by atoms with Gasteiger partial charge in [0, 0.05) is 19.2 Å². The summed E-state index contributed by atoms with van der Waals surface area (Å²) in [4.78, 5) is 2.32. The van der Waals surface area contributed by atoms with Crippen LogP contribution in [0.2, 0.25) is 0 Å². The van der Waals surface area contributed by atoms with Crippen molar-refractivity contribution in [3.05, 3.63) is 23.2 Å². The third-order valence-corrected chi connectivity index (χ3v) is 5.90. The van der Waals surface area contributed by atoms with E-state index in [0.29, 0.717) is 24.0 Å². The molecule has 0 saturated carbocycles. The summed E-state index contributed by atoms with van der Waals surface area (Å²) in [7, 11) is 0. The second kappa shape index (κ2) is 7.72. The molecule has 7 nitrogen and oxygen atoms in total. The van der Waals surface area contributed by atoms with E-state index in [2.05, 4.69) is 27.2 Å². The van der Waals surface area contributed by atoms with Gasteiger partial charge < -0.3 is 18.9 Å². The minimum absolute atomic E-state index is 0.134. The van der Waals surface area contributed by atoms with Gasteiger partial charge in [-0.25, -0.2) is 0 Å². The summed E-state index contributed by atoms with van der Waals surface area (Å²) in [6, 6.07) is 5.79. The zero-order valence-corrected chi connectivity index (χ0v) is 16.7. The summed E-state index contributed by atoms with van der Waals surface area (Å²) >= 11 is 1.66. The first-order chi connectivity index (χ1) is 13.1. The van der Waals surface area contributed by atoms with Crippen molar-refractivity contribution in [3.63, 3.8) is 0 Å². The number of hydrogen-bond acceptors (Lipinski definition) is 8. The Balaban J connectivity index is 1.36. The van der Waals surface area contributed by atoms with Crippen LogP contribution in [0.4, 0.5) is 5.13 Å². The van der Waals surface area contributed by atoms with E-state index >= 15 is 0 Å². The van der Waals surface area contributed by atoms with Gasteiger partial charge in [-0.05, 0) is 56.8 Å². The smallest absolute Gasteiger partial charge is 0.262 e. The molecule has 1 atom stereocenters. The highest BCUT2D eigenvalue weighted by Crippen LogP contribution is 2.31. The van der Waals surface area contributed by atoms with E-state index < -0.39 is 0 Å². The zero-order valence-electron chi connectivity index (χ0n) is 15.8. The molecular formula is C19H24N4O3S. The van der Waals surface area contributed by atoms with Gasteiger partial charge in [0.05, 0.1) is 18.1 Å². The van der Waals surface area contributed by atoms with Crippen molar-refractivity contribution in [3.8, 4) is 11.6 Å². The number of fused-ring (bicyclic) bond motifs is 1. The molecule has 0 radical (unpaired) electrons. The monoisotopic (exact) mass is 388 g/mol. The Labute approximate surface area is 162 Å². The van der Waals surface area contributed by atoms with Gasteiger partial charge in [0.1, 0.15) is 10.8 Å². The average Bonchev–Trinajstić information content (AvgIpc) is 3.28. The standard InChI is InChI=1S/C19H24N4O3S/c1-4-24-18-16-6-5-15(11-17(16)26-22-18)25-12(2)14-7-9-23(10-8-14)19-21-20-13(3)27-19/h5-6,11-12,14H,4,7-10H2,1-3H3. The van der Waals surface area contributed by atoms with Gasteiger partial charge in [0.2, 0.25) is 5.13 Å². The summed E-state index contributed by atoms with van der Waals surface area (Å²) in [6.45, 7) is 8.61. The van der Waals surface area contributed by atoms with Crippen molar-refractivity contribution in [1.82, 2.24) is 15.4 Å². The Hall–Kier alpha value is -2.35. The summed E-state index contributed by atoms with van der Waals surface area (Å²) in [5.41, 5.74) is 0.685. The molecule has 27 heavy (non-hydrogen) atoms. The maximum atomic E-state index is 6.20. The zero-order chi connectivity index (χ0) is 18.8. The number of piperidine rings is 1. The molecule has 1 saturated heterocycles. The molecule has 4 rings (SSSR count). The van der Waals surface area contributed by atoms with Crippen molar-refractivity contribution in [2.45, 2.75) is 39.7 Å². The molecule has 0 spiro atoms. The van der Waals surface area contributed by atoms with Crippen LogP contribution in [0, 0.1) is 12.8 Å². The summed E-state index contributed by atoms with van der Waals surface area (Å²) in [5.74, 6) is 1.85. The van der Waals surface area contributed by atoms with E-state index in [-0.39, 0.29) is 6.10 Å². The Morgan fingerprint density at radius 3 is 2.81 bits per heavy atom. The van der Waals surface area contributed by atoms with Crippen LogP contribution in [0.5, 0.6) is 11.6 Å². The summed E-state index contributed by atoms with van der Waals surface area (Å²) in [5, 5.41) is 15.3. The second-order valence-corrected chi connectivity index (χ2v) is 7.99. The Kier molecular flexibility index (Phi) is 5.15. The number of benzene rings is 1. The lowest BCUT2D eigenvalue weighted by Crippen LogP contribution is -2.38. The van der Waals surface area contributed by atoms with Crippen molar-refractivity contribution in [2.24, 2.45) is 5.92 Å². The van der Waals surface area contributed by atoms with Crippen LogP contribution in [0.3, 0.4) is 0 Å². The molecule has 1 aliphatic heterocycles. The van der Waals surface area contributed by atoms with Gasteiger partial charge in [-0.15, -0.1) is 10.2 Å². The lowest BCUT2D eigenvalue weighted by molar-refractivity contribution is 0.133.